The highest BCUT2D eigenvalue weighted by atomic mass is 19.1. The minimum Gasteiger partial charge on any atom is -0.480 e. The number of alkyl carbamates (subject to hydrolysis) is 1. The fourth-order valence-corrected chi connectivity index (χ4v) is 3.18. The van der Waals surface area contributed by atoms with Gasteiger partial charge in [-0.3, -0.25) is 0 Å². The van der Waals surface area contributed by atoms with E-state index >= 15 is 0 Å². The molecule has 0 saturated carbocycles. The van der Waals surface area contributed by atoms with Gasteiger partial charge in [0.1, 0.15) is 18.5 Å². The molecule has 1 amide bonds. The van der Waals surface area contributed by atoms with Crippen molar-refractivity contribution >= 4 is 24.6 Å². The number of ether oxygens (including phenoxy) is 1. The molecule has 7 nitrogen and oxygen atoms in total. The van der Waals surface area contributed by atoms with E-state index < -0.39 is 42.2 Å². The lowest BCUT2D eigenvalue weighted by atomic mass is 9.78. The Hall–Kier alpha value is -2.91. The number of hydrogen-bond donors (Lipinski definition) is 2. The molecule has 2 N–H and O–H groups in total. The van der Waals surface area contributed by atoms with Gasteiger partial charge < -0.3 is 24.5 Å². The highest BCUT2D eigenvalue weighted by Gasteiger charge is 2.51. The summed E-state index contributed by atoms with van der Waals surface area (Å²) in [4.78, 5) is 23.6. The summed E-state index contributed by atoms with van der Waals surface area (Å²) in [5.74, 6) is -1.90. The van der Waals surface area contributed by atoms with Crippen molar-refractivity contribution in [2.75, 3.05) is 0 Å². The Bertz CT molecular complexity index is 966. The van der Waals surface area contributed by atoms with Crippen LogP contribution in [-0.4, -0.2) is 41.5 Å². The quantitative estimate of drug-likeness (QED) is 0.639. The minimum atomic E-state index is -1.35. The molecule has 3 rings (SSSR count). The third-order valence-corrected chi connectivity index (χ3v) is 5.83. The van der Waals surface area contributed by atoms with Crippen LogP contribution in [0.5, 0.6) is 0 Å². The first-order valence-electron chi connectivity index (χ1n) is 10.3. The zero-order valence-corrected chi connectivity index (χ0v) is 18.6. The number of carbonyl (C=O) groups is 2. The van der Waals surface area contributed by atoms with Crippen molar-refractivity contribution in [2.24, 2.45) is 0 Å². The topological polar surface area (TPSA) is 94.1 Å². The van der Waals surface area contributed by atoms with Crippen molar-refractivity contribution in [1.82, 2.24) is 5.32 Å². The summed E-state index contributed by atoms with van der Waals surface area (Å²) in [7, 11) is -0.732. The van der Waals surface area contributed by atoms with Crippen LogP contribution in [0.1, 0.15) is 38.8 Å². The highest BCUT2D eigenvalue weighted by Crippen LogP contribution is 2.36. The van der Waals surface area contributed by atoms with Crippen molar-refractivity contribution in [3.05, 3.63) is 65.5 Å². The van der Waals surface area contributed by atoms with E-state index in [9.17, 15) is 19.1 Å². The van der Waals surface area contributed by atoms with Crippen molar-refractivity contribution < 1.29 is 33.1 Å². The van der Waals surface area contributed by atoms with Crippen molar-refractivity contribution in [2.45, 2.75) is 58.0 Å². The standard InChI is InChI=1S/C23H27BFNO6/c1-22(2)23(3,4)32-24(31-22)17-11-10-16(18(25)13-17)12-19(20(27)28)26-21(29)30-14-15-8-6-5-7-9-15/h5-11,13,19H,12,14H2,1-4H3,(H,26,29)(H,27,28). The van der Waals surface area contributed by atoms with Gasteiger partial charge in [0.15, 0.2) is 0 Å². The van der Waals surface area contributed by atoms with Crippen LogP contribution in [0.2, 0.25) is 0 Å². The SMILES string of the molecule is CC1(C)OB(c2ccc(CC(NC(=O)OCc3ccccc3)C(=O)O)c(F)c2)OC1(C)C. The van der Waals surface area contributed by atoms with Gasteiger partial charge in [0.25, 0.3) is 0 Å². The average molecular weight is 443 g/mol. The first-order chi connectivity index (χ1) is 15.0. The molecule has 2 aromatic carbocycles. The Balaban J connectivity index is 1.64. The van der Waals surface area contributed by atoms with Crippen molar-refractivity contribution in [1.29, 1.82) is 0 Å². The Labute approximate surface area is 187 Å². The molecule has 2 aromatic rings. The zero-order valence-electron chi connectivity index (χ0n) is 18.6. The van der Waals surface area contributed by atoms with Gasteiger partial charge in [0.2, 0.25) is 0 Å². The Morgan fingerprint density at radius 2 is 1.72 bits per heavy atom. The number of halogens is 1. The summed E-state index contributed by atoms with van der Waals surface area (Å²) in [6, 6.07) is 12.0. The average Bonchev–Trinajstić information content (AvgIpc) is 2.95. The van der Waals surface area contributed by atoms with Crippen LogP contribution in [-0.2, 0) is 31.9 Å². The van der Waals surface area contributed by atoms with Crippen LogP contribution in [0.15, 0.2) is 48.5 Å². The van der Waals surface area contributed by atoms with E-state index in [1.54, 1.807) is 30.3 Å². The largest absolute Gasteiger partial charge is 0.494 e. The predicted molar refractivity (Wildman–Crippen MR) is 117 cm³/mol. The molecule has 1 aliphatic heterocycles. The molecule has 0 aliphatic carbocycles. The minimum absolute atomic E-state index is 0.00381. The van der Waals surface area contributed by atoms with Gasteiger partial charge in [-0.1, -0.05) is 42.5 Å². The van der Waals surface area contributed by atoms with Gasteiger partial charge >= 0.3 is 19.2 Å². The molecule has 0 bridgehead atoms. The van der Waals surface area contributed by atoms with Crippen molar-refractivity contribution in [3.8, 4) is 0 Å². The summed E-state index contributed by atoms with van der Waals surface area (Å²) < 4.78 is 31.7. The van der Waals surface area contributed by atoms with Gasteiger partial charge in [0.05, 0.1) is 11.2 Å². The number of carbonyl (C=O) groups excluding carboxylic acids is 1. The van der Waals surface area contributed by atoms with Crippen molar-refractivity contribution in [3.63, 3.8) is 0 Å². The number of carboxylic acid groups (broad SMARTS) is 1. The molecule has 1 unspecified atom stereocenters. The number of hydrogen-bond acceptors (Lipinski definition) is 5. The summed E-state index contributed by atoms with van der Waals surface area (Å²) >= 11 is 0. The second-order valence-corrected chi connectivity index (χ2v) is 8.74. The van der Waals surface area contributed by atoms with Gasteiger partial charge in [-0.15, -0.1) is 0 Å². The van der Waals surface area contributed by atoms with E-state index in [0.717, 1.165) is 5.56 Å². The molecular formula is C23H27BFNO6. The third-order valence-electron chi connectivity index (χ3n) is 5.83. The summed E-state index contributed by atoms with van der Waals surface area (Å²) in [5.41, 5.74) is 0.267. The van der Waals surface area contributed by atoms with E-state index in [-0.39, 0.29) is 18.6 Å². The zero-order chi connectivity index (χ0) is 23.5. The lowest BCUT2D eigenvalue weighted by molar-refractivity contribution is -0.139. The smallest absolute Gasteiger partial charge is 0.480 e. The maximum absolute atomic E-state index is 14.8. The molecule has 1 fully saturated rings. The molecule has 0 aromatic heterocycles. The number of aliphatic carboxylic acids is 1. The predicted octanol–water partition coefficient (Wildman–Crippen LogP) is 3.05. The molecular weight excluding hydrogens is 416 g/mol. The second-order valence-electron chi connectivity index (χ2n) is 8.74. The van der Waals surface area contributed by atoms with E-state index in [4.69, 9.17) is 14.0 Å². The van der Waals surface area contributed by atoms with E-state index in [0.29, 0.717) is 5.46 Å². The number of rotatable bonds is 7. The van der Waals surface area contributed by atoms with E-state index in [1.807, 2.05) is 33.8 Å². The van der Waals surface area contributed by atoms with Gasteiger partial charge in [0, 0.05) is 6.42 Å². The van der Waals surface area contributed by atoms with Crippen LogP contribution in [0.4, 0.5) is 9.18 Å². The van der Waals surface area contributed by atoms with E-state index in [1.165, 1.54) is 12.1 Å². The molecule has 1 saturated heterocycles. The summed E-state index contributed by atoms with van der Waals surface area (Å²) in [6.07, 6.45) is -1.14. The molecule has 1 heterocycles. The maximum atomic E-state index is 14.8. The van der Waals surface area contributed by atoms with Crippen LogP contribution >= 0.6 is 0 Å². The highest BCUT2D eigenvalue weighted by molar-refractivity contribution is 6.62. The normalized spacial score (nSPS) is 17.6. The summed E-state index contributed by atoms with van der Waals surface area (Å²) in [5, 5.41) is 11.7. The maximum Gasteiger partial charge on any atom is 0.494 e. The van der Waals surface area contributed by atoms with Crippen LogP contribution in [0.25, 0.3) is 0 Å². The van der Waals surface area contributed by atoms with Gasteiger partial charge in [-0.25, -0.2) is 14.0 Å². The lowest BCUT2D eigenvalue weighted by Gasteiger charge is -2.32. The third kappa shape index (κ3) is 5.47. The Morgan fingerprint density at radius 1 is 1.09 bits per heavy atom. The van der Waals surface area contributed by atoms with Crippen LogP contribution in [0, 0.1) is 5.82 Å². The first-order valence-corrected chi connectivity index (χ1v) is 10.3. The molecule has 9 heteroatoms. The molecule has 0 radical (unpaired) electrons. The van der Waals surface area contributed by atoms with E-state index in [2.05, 4.69) is 5.32 Å². The molecule has 32 heavy (non-hydrogen) atoms. The van der Waals surface area contributed by atoms with Crippen LogP contribution < -0.4 is 10.8 Å². The number of amides is 1. The fraction of sp³-hybridized carbons (Fsp3) is 0.391. The molecule has 170 valence electrons. The molecule has 0 spiro atoms. The monoisotopic (exact) mass is 443 g/mol. The number of carboxylic acids is 1. The van der Waals surface area contributed by atoms with Crippen LogP contribution in [0.3, 0.4) is 0 Å². The molecule has 1 atom stereocenters. The van der Waals surface area contributed by atoms with Gasteiger partial charge in [-0.05, 0) is 50.4 Å². The molecule has 1 aliphatic rings. The van der Waals surface area contributed by atoms with Gasteiger partial charge in [-0.2, -0.15) is 0 Å². The number of nitrogens with one attached hydrogen (secondary N) is 1. The summed E-state index contributed by atoms with van der Waals surface area (Å²) in [6.45, 7) is 7.60. The Morgan fingerprint density at radius 3 is 2.28 bits per heavy atom. The first kappa shape index (κ1) is 23.8. The lowest BCUT2D eigenvalue weighted by Crippen LogP contribution is -2.43. The second kappa shape index (κ2) is 9.30. The fourth-order valence-electron chi connectivity index (χ4n) is 3.18. The number of benzene rings is 2. The Kier molecular flexibility index (Phi) is 6.90.